The fraction of sp³-hybridized carbons (Fsp3) is 0.609. The van der Waals surface area contributed by atoms with E-state index in [0.717, 1.165) is 18.4 Å². The van der Waals surface area contributed by atoms with Gasteiger partial charge in [0, 0.05) is 6.42 Å². The summed E-state index contributed by atoms with van der Waals surface area (Å²) < 4.78 is 4.65. The average molecular weight is 389 g/mol. The van der Waals surface area contributed by atoms with Crippen molar-refractivity contribution in [2.24, 2.45) is 5.10 Å². The van der Waals surface area contributed by atoms with Crippen LogP contribution in [0.1, 0.15) is 99.9 Å². The third kappa shape index (κ3) is 11.5. The summed E-state index contributed by atoms with van der Waals surface area (Å²) in [6.45, 7) is 2.25. The number of rotatable bonds is 15. The van der Waals surface area contributed by atoms with Crippen LogP contribution in [0.3, 0.4) is 0 Å². The summed E-state index contributed by atoms with van der Waals surface area (Å²) in [5.74, 6) is -0.429. The van der Waals surface area contributed by atoms with Crippen LogP contribution in [0.4, 0.5) is 0 Å². The molecule has 0 aliphatic rings. The lowest BCUT2D eigenvalue weighted by Gasteiger charge is -2.03. The first kappa shape index (κ1) is 23.9. The SMILES string of the molecule is CCCCCCCCCCCCCC(=O)N/N=C/c1ccc(C(=O)OC)cc1. The molecular formula is C23H36N2O3. The molecule has 1 N–H and O–H groups in total. The lowest BCUT2D eigenvalue weighted by Crippen LogP contribution is -2.16. The first-order valence-electron chi connectivity index (χ1n) is 10.7. The van der Waals surface area contributed by atoms with Gasteiger partial charge in [-0.2, -0.15) is 5.10 Å². The van der Waals surface area contributed by atoms with Crippen LogP contribution in [0.25, 0.3) is 0 Å². The van der Waals surface area contributed by atoms with Crippen LogP contribution in [-0.4, -0.2) is 25.2 Å². The Kier molecular flexibility index (Phi) is 13.5. The first-order chi connectivity index (χ1) is 13.7. The molecule has 0 aliphatic carbocycles. The van der Waals surface area contributed by atoms with Crippen molar-refractivity contribution in [3.8, 4) is 0 Å². The van der Waals surface area contributed by atoms with Crippen LogP contribution in [0, 0.1) is 0 Å². The Morgan fingerprint density at radius 3 is 1.96 bits per heavy atom. The van der Waals surface area contributed by atoms with E-state index < -0.39 is 0 Å². The minimum atomic E-state index is -0.372. The molecule has 28 heavy (non-hydrogen) atoms. The molecule has 1 aromatic carbocycles. The molecule has 5 nitrogen and oxygen atoms in total. The van der Waals surface area contributed by atoms with E-state index in [0.29, 0.717) is 12.0 Å². The van der Waals surface area contributed by atoms with E-state index >= 15 is 0 Å². The molecule has 0 aliphatic heterocycles. The maximum absolute atomic E-state index is 11.8. The number of hydrogen-bond donors (Lipinski definition) is 1. The number of benzene rings is 1. The molecule has 0 fully saturated rings. The molecule has 156 valence electrons. The van der Waals surface area contributed by atoms with Gasteiger partial charge in [-0.25, -0.2) is 10.2 Å². The largest absolute Gasteiger partial charge is 0.465 e. The molecule has 0 unspecified atom stereocenters. The molecule has 0 saturated heterocycles. The summed E-state index contributed by atoms with van der Waals surface area (Å²) >= 11 is 0. The molecular weight excluding hydrogens is 352 g/mol. The minimum absolute atomic E-state index is 0.0571. The van der Waals surface area contributed by atoms with Crippen LogP contribution in [0.15, 0.2) is 29.4 Å². The van der Waals surface area contributed by atoms with Crippen molar-refractivity contribution in [3.05, 3.63) is 35.4 Å². The number of carbonyl (C=O) groups is 2. The Bertz CT molecular complexity index is 582. The highest BCUT2D eigenvalue weighted by Gasteiger charge is 2.03. The number of esters is 1. The summed E-state index contributed by atoms with van der Waals surface area (Å²) in [4.78, 5) is 23.2. The van der Waals surface area contributed by atoms with E-state index in [1.54, 1.807) is 30.5 Å². The van der Waals surface area contributed by atoms with Gasteiger partial charge in [0.25, 0.3) is 0 Å². The second-order valence-corrected chi connectivity index (χ2v) is 7.19. The van der Waals surface area contributed by atoms with Crippen LogP contribution in [0.2, 0.25) is 0 Å². The molecule has 1 amide bonds. The number of ether oxygens (including phenoxy) is 1. The Hall–Kier alpha value is -2.17. The van der Waals surface area contributed by atoms with Gasteiger partial charge in [-0.3, -0.25) is 4.79 Å². The number of carbonyl (C=O) groups excluding carboxylic acids is 2. The predicted molar refractivity (Wildman–Crippen MR) is 115 cm³/mol. The summed E-state index contributed by atoms with van der Waals surface area (Å²) in [5, 5.41) is 3.97. The lowest BCUT2D eigenvalue weighted by atomic mass is 10.1. The first-order valence-corrected chi connectivity index (χ1v) is 10.7. The van der Waals surface area contributed by atoms with Gasteiger partial charge in [0.2, 0.25) is 5.91 Å². The van der Waals surface area contributed by atoms with E-state index in [4.69, 9.17) is 0 Å². The van der Waals surface area contributed by atoms with Gasteiger partial charge in [0.15, 0.2) is 0 Å². The van der Waals surface area contributed by atoms with Crippen molar-refractivity contribution in [2.75, 3.05) is 7.11 Å². The van der Waals surface area contributed by atoms with E-state index in [1.165, 1.54) is 64.9 Å². The molecule has 1 aromatic rings. The molecule has 1 rings (SSSR count). The topological polar surface area (TPSA) is 67.8 Å². The van der Waals surface area contributed by atoms with E-state index in [-0.39, 0.29) is 11.9 Å². The van der Waals surface area contributed by atoms with E-state index in [2.05, 4.69) is 22.2 Å². The molecule has 0 atom stereocenters. The highest BCUT2D eigenvalue weighted by molar-refractivity contribution is 5.90. The van der Waals surface area contributed by atoms with Crippen LogP contribution in [0.5, 0.6) is 0 Å². The van der Waals surface area contributed by atoms with Gasteiger partial charge in [-0.15, -0.1) is 0 Å². The van der Waals surface area contributed by atoms with Crippen molar-refractivity contribution in [2.45, 2.75) is 84.0 Å². The highest BCUT2D eigenvalue weighted by atomic mass is 16.5. The summed E-state index contributed by atoms with van der Waals surface area (Å²) in [6, 6.07) is 6.85. The number of hydrazone groups is 1. The van der Waals surface area contributed by atoms with Crippen molar-refractivity contribution in [3.63, 3.8) is 0 Å². The Morgan fingerprint density at radius 1 is 0.893 bits per heavy atom. The maximum Gasteiger partial charge on any atom is 0.337 e. The maximum atomic E-state index is 11.8. The van der Waals surface area contributed by atoms with Gasteiger partial charge in [0.05, 0.1) is 18.9 Å². The van der Waals surface area contributed by atoms with Crippen LogP contribution < -0.4 is 5.43 Å². The second-order valence-electron chi connectivity index (χ2n) is 7.19. The monoisotopic (exact) mass is 388 g/mol. The third-order valence-corrected chi connectivity index (χ3v) is 4.74. The molecule has 0 aromatic heterocycles. The number of amides is 1. The number of unbranched alkanes of at least 4 members (excludes halogenated alkanes) is 10. The molecule has 0 radical (unpaired) electrons. The minimum Gasteiger partial charge on any atom is -0.465 e. The van der Waals surface area contributed by atoms with Crippen LogP contribution >= 0.6 is 0 Å². The molecule has 5 heteroatoms. The normalized spacial score (nSPS) is 10.9. The van der Waals surface area contributed by atoms with Gasteiger partial charge < -0.3 is 4.74 Å². The van der Waals surface area contributed by atoms with Crippen molar-refractivity contribution in [1.29, 1.82) is 0 Å². The molecule has 0 bridgehead atoms. The van der Waals surface area contributed by atoms with E-state index in [9.17, 15) is 9.59 Å². The smallest absolute Gasteiger partial charge is 0.337 e. The number of methoxy groups -OCH3 is 1. The van der Waals surface area contributed by atoms with E-state index in [1.807, 2.05) is 0 Å². The van der Waals surface area contributed by atoms with Crippen molar-refractivity contribution < 1.29 is 14.3 Å². The average Bonchev–Trinajstić information content (AvgIpc) is 2.72. The number of nitrogens with one attached hydrogen (secondary N) is 1. The number of hydrogen-bond acceptors (Lipinski definition) is 4. The fourth-order valence-electron chi connectivity index (χ4n) is 3.01. The Morgan fingerprint density at radius 2 is 1.43 bits per heavy atom. The zero-order valence-electron chi connectivity index (χ0n) is 17.5. The van der Waals surface area contributed by atoms with Gasteiger partial charge in [-0.05, 0) is 24.1 Å². The number of nitrogens with zero attached hydrogens (tertiary/aromatic N) is 1. The second kappa shape index (κ2) is 15.8. The molecule has 0 heterocycles. The molecule has 0 spiro atoms. The lowest BCUT2D eigenvalue weighted by molar-refractivity contribution is -0.121. The van der Waals surface area contributed by atoms with Gasteiger partial charge >= 0.3 is 5.97 Å². The third-order valence-electron chi connectivity index (χ3n) is 4.74. The quantitative estimate of drug-likeness (QED) is 0.183. The Balaban J connectivity index is 2.03. The Labute approximate surface area is 169 Å². The van der Waals surface area contributed by atoms with Crippen LogP contribution in [-0.2, 0) is 9.53 Å². The van der Waals surface area contributed by atoms with Crippen molar-refractivity contribution >= 4 is 18.1 Å². The fourth-order valence-corrected chi connectivity index (χ4v) is 3.01. The standard InChI is InChI=1S/C23H36N2O3/c1-3-4-5-6-7-8-9-10-11-12-13-14-22(26)25-24-19-20-15-17-21(18-16-20)23(27)28-2/h15-19H,3-14H2,1-2H3,(H,25,26)/b24-19+. The zero-order chi connectivity index (χ0) is 20.5. The highest BCUT2D eigenvalue weighted by Crippen LogP contribution is 2.11. The summed E-state index contributed by atoms with van der Waals surface area (Å²) in [5.41, 5.74) is 3.85. The van der Waals surface area contributed by atoms with Crippen molar-refractivity contribution in [1.82, 2.24) is 5.43 Å². The summed E-state index contributed by atoms with van der Waals surface area (Å²) in [6.07, 6.45) is 16.0. The zero-order valence-corrected chi connectivity index (χ0v) is 17.5. The van der Waals surface area contributed by atoms with Gasteiger partial charge in [-0.1, -0.05) is 83.3 Å². The predicted octanol–water partition coefficient (Wildman–Crippen LogP) is 5.62. The molecule has 0 saturated carbocycles. The summed E-state index contributed by atoms with van der Waals surface area (Å²) in [7, 11) is 1.35. The van der Waals surface area contributed by atoms with Gasteiger partial charge in [0.1, 0.15) is 0 Å².